The van der Waals surface area contributed by atoms with Gasteiger partial charge in [0, 0.05) is 31.7 Å². The molecule has 30 heavy (non-hydrogen) atoms. The Balaban J connectivity index is 1.61. The predicted molar refractivity (Wildman–Crippen MR) is 119 cm³/mol. The molecule has 0 unspecified atom stereocenters. The predicted octanol–water partition coefficient (Wildman–Crippen LogP) is 3.98. The van der Waals surface area contributed by atoms with Crippen molar-refractivity contribution in [2.75, 3.05) is 28.6 Å². The second-order valence-electron chi connectivity index (χ2n) is 6.99. The van der Waals surface area contributed by atoms with Crippen LogP contribution in [0.25, 0.3) is 5.57 Å². The minimum atomic E-state index is 0.503. The number of anilines is 3. The number of nitriles is 1. The van der Waals surface area contributed by atoms with E-state index in [0.717, 1.165) is 41.3 Å². The van der Waals surface area contributed by atoms with Crippen LogP contribution in [0.4, 0.5) is 17.3 Å². The van der Waals surface area contributed by atoms with Crippen LogP contribution in [0.2, 0.25) is 0 Å². The highest BCUT2D eigenvalue weighted by Gasteiger charge is 2.27. The van der Waals surface area contributed by atoms with E-state index in [1.54, 1.807) is 12.4 Å². The van der Waals surface area contributed by atoms with E-state index in [1.165, 1.54) is 0 Å². The summed E-state index contributed by atoms with van der Waals surface area (Å²) in [5.41, 5.74) is 5.18. The van der Waals surface area contributed by atoms with Crippen molar-refractivity contribution in [2.45, 2.75) is 20.3 Å². The summed E-state index contributed by atoms with van der Waals surface area (Å²) in [6.07, 6.45) is 6.18. The number of hydrogen-bond acceptors (Lipinski definition) is 7. The Labute approximate surface area is 176 Å². The second-order valence-corrected chi connectivity index (χ2v) is 6.99. The van der Waals surface area contributed by atoms with Gasteiger partial charge in [-0.05, 0) is 49.6 Å². The van der Waals surface area contributed by atoms with Gasteiger partial charge in [-0.1, -0.05) is 18.2 Å². The molecule has 1 aromatic carbocycles. The molecule has 3 heterocycles. The molecule has 4 rings (SSSR count). The van der Waals surface area contributed by atoms with Gasteiger partial charge < -0.3 is 15.5 Å². The minimum absolute atomic E-state index is 0.503. The number of aromatic nitrogens is 3. The van der Waals surface area contributed by atoms with Gasteiger partial charge in [-0.3, -0.25) is 4.98 Å². The van der Waals surface area contributed by atoms with E-state index in [9.17, 15) is 5.26 Å². The van der Waals surface area contributed by atoms with Crippen LogP contribution in [0, 0.1) is 18.3 Å². The van der Waals surface area contributed by atoms with Gasteiger partial charge in [-0.25, -0.2) is 9.97 Å². The number of fused-ring (bicyclic) bond motifs is 1. The summed E-state index contributed by atoms with van der Waals surface area (Å²) >= 11 is 0. The second kappa shape index (κ2) is 8.62. The smallest absolute Gasteiger partial charge is 0.223 e. The lowest BCUT2D eigenvalue weighted by atomic mass is 10.1. The number of allylic oxidation sites excluding steroid dienone is 1. The molecular formula is C23H23N7. The molecule has 1 aliphatic rings. The van der Waals surface area contributed by atoms with E-state index >= 15 is 0 Å². The van der Waals surface area contributed by atoms with E-state index < -0.39 is 0 Å². The number of pyridine rings is 1. The van der Waals surface area contributed by atoms with E-state index in [-0.39, 0.29) is 0 Å². The Kier molecular flexibility index (Phi) is 5.57. The van der Waals surface area contributed by atoms with Gasteiger partial charge in [0.1, 0.15) is 17.5 Å². The molecule has 7 heteroatoms. The van der Waals surface area contributed by atoms with Gasteiger partial charge in [0.15, 0.2) is 0 Å². The van der Waals surface area contributed by atoms with Crippen molar-refractivity contribution in [3.8, 4) is 6.07 Å². The van der Waals surface area contributed by atoms with Crippen LogP contribution in [0.15, 0.2) is 60.8 Å². The molecule has 150 valence electrons. The molecule has 1 aliphatic heterocycles. The van der Waals surface area contributed by atoms with Crippen LogP contribution >= 0.6 is 0 Å². The average Bonchev–Trinajstić information content (AvgIpc) is 3.15. The summed E-state index contributed by atoms with van der Waals surface area (Å²) in [5.74, 6) is 1.26. The lowest BCUT2D eigenvalue weighted by molar-refractivity contribution is 0.963. The summed E-state index contributed by atoms with van der Waals surface area (Å²) < 4.78 is 0. The summed E-state index contributed by atoms with van der Waals surface area (Å²) in [7, 11) is 0. The lowest BCUT2D eigenvalue weighted by Crippen LogP contribution is -2.22. The highest BCUT2D eigenvalue weighted by molar-refractivity contribution is 5.91. The lowest BCUT2D eigenvalue weighted by Gasteiger charge is -2.19. The summed E-state index contributed by atoms with van der Waals surface area (Å²) in [6.45, 7) is 5.41. The zero-order chi connectivity index (χ0) is 20.9. The summed E-state index contributed by atoms with van der Waals surface area (Å²) in [4.78, 5) is 15.3. The monoisotopic (exact) mass is 397 g/mol. The van der Waals surface area contributed by atoms with Gasteiger partial charge in [-0.2, -0.15) is 5.26 Å². The standard InChI is InChI=1S/C23H23N7/c1-3-30-20-9-5-4-8-19(20)28-22(30)18(13-24)21-16(2)14-27-23(29-21)26-12-10-17-7-6-11-25-15-17/h4-9,11,14-15,28H,3,10,12H2,1-2H3,(H,26,27,29)/b22-18+. The highest BCUT2D eigenvalue weighted by Crippen LogP contribution is 2.38. The molecule has 0 spiro atoms. The molecule has 2 N–H and O–H groups in total. The van der Waals surface area contributed by atoms with Gasteiger partial charge in [-0.15, -0.1) is 0 Å². The first-order chi connectivity index (χ1) is 14.7. The Hall–Kier alpha value is -3.92. The first kappa shape index (κ1) is 19.4. The van der Waals surface area contributed by atoms with Crippen LogP contribution in [-0.4, -0.2) is 28.0 Å². The van der Waals surface area contributed by atoms with Crippen LogP contribution in [0.5, 0.6) is 0 Å². The van der Waals surface area contributed by atoms with Crippen molar-refractivity contribution >= 4 is 22.9 Å². The van der Waals surface area contributed by atoms with Crippen LogP contribution in [0.1, 0.15) is 23.7 Å². The molecule has 0 saturated carbocycles. The largest absolute Gasteiger partial charge is 0.354 e. The number of nitrogens with zero attached hydrogens (tertiary/aromatic N) is 5. The van der Waals surface area contributed by atoms with E-state index in [0.29, 0.717) is 23.8 Å². The molecule has 0 bridgehead atoms. The highest BCUT2D eigenvalue weighted by atomic mass is 15.3. The quantitative estimate of drug-likeness (QED) is 0.608. The molecule has 0 aliphatic carbocycles. The van der Waals surface area contributed by atoms with E-state index in [4.69, 9.17) is 0 Å². The van der Waals surface area contributed by atoms with Crippen LogP contribution in [-0.2, 0) is 6.42 Å². The van der Waals surface area contributed by atoms with E-state index in [1.807, 2.05) is 49.5 Å². The van der Waals surface area contributed by atoms with Crippen molar-refractivity contribution in [2.24, 2.45) is 0 Å². The zero-order valence-corrected chi connectivity index (χ0v) is 17.1. The summed E-state index contributed by atoms with van der Waals surface area (Å²) in [5, 5.41) is 16.7. The maximum Gasteiger partial charge on any atom is 0.223 e. The normalized spacial score (nSPS) is 14.0. The van der Waals surface area contributed by atoms with Crippen molar-refractivity contribution in [1.29, 1.82) is 5.26 Å². The van der Waals surface area contributed by atoms with Crippen molar-refractivity contribution in [1.82, 2.24) is 15.0 Å². The number of para-hydroxylation sites is 2. The third kappa shape index (κ3) is 3.80. The van der Waals surface area contributed by atoms with E-state index in [2.05, 4.69) is 43.5 Å². The molecule has 0 radical (unpaired) electrons. The molecule has 0 saturated heterocycles. The van der Waals surface area contributed by atoms with Crippen molar-refractivity contribution in [3.05, 3.63) is 77.6 Å². The van der Waals surface area contributed by atoms with Crippen LogP contribution < -0.4 is 15.5 Å². The minimum Gasteiger partial charge on any atom is -0.354 e. The average molecular weight is 397 g/mol. The molecular weight excluding hydrogens is 374 g/mol. The maximum absolute atomic E-state index is 10.0. The molecule has 0 atom stereocenters. The first-order valence-corrected chi connectivity index (χ1v) is 9.96. The molecule has 2 aromatic heterocycles. The van der Waals surface area contributed by atoms with Gasteiger partial charge >= 0.3 is 0 Å². The van der Waals surface area contributed by atoms with Crippen LogP contribution in [0.3, 0.4) is 0 Å². The van der Waals surface area contributed by atoms with Crippen molar-refractivity contribution in [3.63, 3.8) is 0 Å². The molecule has 7 nitrogen and oxygen atoms in total. The fourth-order valence-electron chi connectivity index (χ4n) is 3.52. The molecule has 0 amide bonds. The van der Waals surface area contributed by atoms with Gasteiger partial charge in [0.05, 0.1) is 17.1 Å². The number of aryl methyl sites for hydroxylation is 1. The maximum atomic E-state index is 10.0. The van der Waals surface area contributed by atoms with Gasteiger partial charge in [0.25, 0.3) is 0 Å². The third-order valence-electron chi connectivity index (χ3n) is 5.01. The number of benzene rings is 1. The topological polar surface area (TPSA) is 89.8 Å². The Morgan fingerprint density at radius 1 is 1.20 bits per heavy atom. The Morgan fingerprint density at radius 3 is 2.83 bits per heavy atom. The SMILES string of the molecule is CCN1/C(=C(\C#N)c2nc(NCCc3cccnc3)ncc2C)Nc2ccccc21. The number of rotatable bonds is 6. The third-order valence-corrected chi connectivity index (χ3v) is 5.01. The van der Waals surface area contributed by atoms with Crippen molar-refractivity contribution < 1.29 is 0 Å². The Morgan fingerprint density at radius 2 is 2.07 bits per heavy atom. The fraction of sp³-hybridized carbons (Fsp3) is 0.217. The Bertz CT molecular complexity index is 1120. The fourth-order valence-corrected chi connectivity index (χ4v) is 3.52. The first-order valence-electron chi connectivity index (χ1n) is 9.96. The van der Waals surface area contributed by atoms with Gasteiger partial charge in [0.2, 0.25) is 5.95 Å². The molecule has 0 fully saturated rings. The number of hydrogen-bond donors (Lipinski definition) is 2. The number of nitrogens with one attached hydrogen (secondary N) is 2. The molecule has 3 aromatic rings. The zero-order valence-electron chi connectivity index (χ0n) is 17.1. The summed E-state index contributed by atoms with van der Waals surface area (Å²) in [6, 6.07) is 14.4.